The average Bonchev–Trinajstić information content (AvgIpc) is 2.97. The van der Waals surface area contributed by atoms with Crippen LogP contribution in [0.5, 0.6) is 0 Å². The first-order valence-electron chi connectivity index (χ1n) is 8.17. The van der Waals surface area contributed by atoms with Gasteiger partial charge in [0.2, 0.25) is 0 Å². The molecule has 6 heteroatoms. The van der Waals surface area contributed by atoms with Crippen LogP contribution in [0.2, 0.25) is 0 Å². The SMILES string of the molecule is C=CCOCC1CCC2C1OCCN2C(=O)c1cc(F)cc(F)c1. The summed E-state index contributed by atoms with van der Waals surface area (Å²) in [6, 6.07) is 2.85. The van der Waals surface area contributed by atoms with E-state index < -0.39 is 11.6 Å². The average molecular weight is 337 g/mol. The van der Waals surface area contributed by atoms with Crippen LogP contribution in [0.25, 0.3) is 0 Å². The Balaban J connectivity index is 1.72. The van der Waals surface area contributed by atoms with Crippen LogP contribution in [0.15, 0.2) is 30.9 Å². The Bertz CT molecular complexity index is 602. The number of hydrogen-bond donors (Lipinski definition) is 0. The van der Waals surface area contributed by atoms with Gasteiger partial charge in [-0.15, -0.1) is 6.58 Å². The van der Waals surface area contributed by atoms with Crippen molar-refractivity contribution in [2.75, 3.05) is 26.4 Å². The van der Waals surface area contributed by atoms with Gasteiger partial charge in [-0.25, -0.2) is 8.78 Å². The second-order valence-electron chi connectivity index (χ2n) is 6.22. The summed E-state index contributed by atoms with van der Waals surface area (Å²) in [6.45, 7) is 5.51. The van der Waals surface area contributed by atoms with Crippen molar-refractivity contribution in [2.45, 2.75) is 25.0 Å². The summed E-state index contributed by atoms with van der Waals surface area (Å²) < 4.78 is 38.2. The van der Waals surface area contributed by atoms with Crippen molar-refractivity contribution < 1.29 is 23.0 Å². The minimum atomic E-state index is -0.745. The molecule has 1 amide bonds. The summed E-state index contributed by atoms with van der Waals surface area (Å²) in [4.78, 5) is 14.4. The Hall–Kier alpha value is -1.79. The maximum absolute atomic E-state index is 13.4. The molecule has 2 fully saturated rings. The highest BCUT2D eigenvalue weighted by Crippen LogP contribution is 2.35. The molecule has 2 aliphatic rings. The predicted octanol–water partition coefficient (Wildman–Crippen LogP) is 2.79. The van der Waals surface area contributed by atoms with Crippen molar-refractivity contribution in [3.05, 3.63) is 48.1 Å². The number of fused-ring (bicyclic) bond motifs is 1. The number of carbonyl (C=O) groups is 1. The number of benzene rings is 1. The summed E-state index contributed by atoms with van der Waals surface area (Å²) >= 11 is 0. The van der Waals surface area contributed by atoms with Crippen LogP contribution in [0, 0.1) is 17.6 Å². The maximum Gasteiger partial charge on any atom is 0.254 e. The molecule has 3 rings (SSSR count). The van der Waals surface area contributed by atoms with Crippen LogP contribution in [0.1, 0.15) is 23.2 Å². The summed E-state index contributed by atoms with van der Waals surface area (Å²) in [6.07, 6.45) is 3.30. The monoisotopic (exact) mass is 337 g/mol. The van der Waals surface area contributed by atoms with Crippen LogP contribution in [-0.4, -0.2) is 49.3 Å². The molecule has 130 valence electrons. The van der Waals surface area contributed by atoms with Gasteiger partial charge in [-0.1, -0.05) is 6.08 Å². The van der Waals surface area contributed by atoms with Crippen LogP contribution < -0.4 is 0 Å². The number of carbonyl (C=O) groups excluding carboxylic acids is 1. The summed E-state index contributed by atoms with van der Waals surface area (Å²) in [5.74, 6) is -1.62. The first kappa shape index (κ1) is 17.0. The molecule has 0 radical (unpaired) electrons. The van der Waals surface area contributed by atoms with Crippen molar-refractivity contribution in [1.29, 1.82) is 0 Å². The lowest BCUT2D eigenvalue weighted by Gasteiger charge is -2.39. The standard InChI is InChI=1S/C18H21F2NO3/c1-2-6-23-11-12-3-4-16-17(12)24-7-5-21(16)18(22)13-8-14(19)10-15(20)9-13/h2,8-10,12,16-17H,1,3-7,11H2. The molecule has 1 saturated carbocycles. The number of halogens is 2. The van der Waals surface area contributed by atoms with Gasteiger partial charge >= 0.3 is 0 Å². The molecule has 1 aliphatic heterocycles. The second-order valence-corrected chi connectivity index (χ2v) is 6.22. The molecule has 1 aromatic rings. The Morgan fingerprint density at radius 1 is 1.33 bits per heavy atom. The van der Waals surface area contributed by atoms with Crippen LogP contribution in [0.4, 0.5) is 8.78 Å². The lowest BCUT2D eigenvalue weighted by atomic mass is 10.0. The van der Waals surface area contributed by atoms with E-state index >= 15 is 0 Å². The Morgan fingerprint density at radius 3 is 2.79 bits per heavy atom. The van der Waals surface area contributed by atoms with Crippen LogP contribution >= 0.6 is 0 Å². The van der Waals surface area contributed by atoms with Gasteiger partial charge in [-0.05, 0) is 25.0 Å². The number of rotatable bonds is 5. The van der Waals surface area contributed by atoms with Crippen molar-refractivity contribution in [2.24, 2.45) is 5.92 Å². The molecule has 3 unspecified atom stereocenters. The van der Waals surface area contributed by atoms with Gasteiger partial charge in [0.25, 0.3) is 5.91 Å². The fourth-order valence-corrected chi connectivity index (χ4v) is 3.64. The van der Waals surface area contributed by atoms with Crippen LogP contribution in [0.3, 0.4) is 0 Å². The third-order valence-corrected chi connectivity index (χ3v) is 4.66. The largest absolute Gasteiger partial charge is 0.377 e. The number of morpholine rings is 1. The van der Waals surface area contributed by atoms with E-state index in [1.165, 1.54) is 0 Å². The molecule has 0 aromatic heterocycles. The van der Waals surface area contributed by atoms with Crippen LogP contribution in [-0.2, 0) is 9.47 Å². The van der Waals surface area contributed by atoms with E-state index in [0.717, 1.165) is 31.0 Å². The summed E-state index contributed by atoms with van der Waals surface area (Å²) in [5.41, 5.74) is 0.0412. The third kappa shape index (κ3) is 3.49. The quantitative estimate of drug-likeness (QED) is 0.613. The zero-order chi connectivity index (χ0) is 17.1. The molecule has 3 atom stereocenters. The highest BCUT2D eigenvalue weighted by atomic mass is 19.1. The zero-order valence-corrected chi connectivity index (χ0v) is 13.4. The van der Waals surface area contributed by atoms with Gasteiger partial charge in [0.1, 0.15) is 11.6 Å². The minimum absolute atomic E-state index is 0.0412. The molecular weight excluding hydrogens is 316 g/mol. The van der Waals surface area contributed by atoms with E-state index in [1.54, 1.807) is 11.0 Å². The van der Waals surface area contributed by atoms with E-state index in [4.69, 9.17) is 9.47 Å². The second kappa shape index (κ2) is 7.40. The Labute approximate surface area is 140 Å². The fourth-order valence-electron chi connectivity index (χ4n) is 3.64. The molecule has 0 bridgehead atoms. The Kier molecular flexibility index (Phi) is 5.26. The van der Waals surface area contributed by atoms with Gasteiger partial charge < -0.3 is 14.4 Å². The molecule has 1 saturated heterocycles. The topological polar surface area (TPSA) is 38.8 Å². The highest BCUT2D eigenvalue weighted by molar-refractivity contribution is 5.94. The van der Waals surface area contributed by atoms with E-state index in [9.17, 15) is 13.6 Å². The number of nitrogens with zero attached hydrogens (tertiary/aromatic N) is 1. The van der Waals surface area contributed by atoms with Gasteiger partial charge in [0.05, 0.1) is 32.0 Å². The molecule has 0 N–H and O–H groups in total. The first-order chi connectivity index (χ1) is 11.6. The van der Waals surface area contributed by atoms with Crippen molar-refractivity contribution in [3.63, 3.8) is 0 Å². The zero-order valence-electron chi connectivity index (χ0n) is 13.4. The molecule has 1 heterocycles. The number of amides is 1. The fraction of sp³-hybridized carbons (Fsp3) is 0.500. The molecule has 0 spiro atoms. The lowest BCUT2D eigenvalue weighted by molar-refractivity contribution is -0.0738. The lowest BCUT2D eigenvalue weighted by Crippen LogP contribution is -2.53. The first-order valence-corrected chi connectivity index (χ1v) is 8.17. The van der Waals surface area contributed by atoms with Gasteiger partial charge in [0, 0.05) is 24.1 Å². The number of ether oxygens (including phenoxy) is 2. The van der Waals surface area contributed by atoms with E-state index in [-0.39, 0.29) is 29.5 Å². The van der Waals surface area contributed by atoms with Gasteiger partial charge in [-0.2, -0.15) is 0 Å². The highest BCUT2D eigenvalue weighted by Gasteiger charge is 2.44. The third-order valence-electron chi connectivity index (χ3n) is 4.66. The minimum Gasteiger partial charge on any atom is -0.377 e. The molecular formula is C18H21F2NO3. The molecule has 1 aromatic carbocycles. The van der Waals surface area contributed by atoms with Crippen molar-refractivity contribution >= 4 is 5.91 Å². The Morgan fingerprint density at radius 2 is 2.08 bits per heavy atom. The van der Waals surface area contributed by atoms with Gasteiger partial charge in [-0.3, -0.25) is 4.79 Å². The smallest absolute Gasteiger partial charge is 0.254 e. The molecule has 24 heavy (non-hydrogen) atoms. The predicted molar refractivity (Wildman–Crippen MR) is 84.7 cm³/mol. The van der Waals surface area contributed by atoms with E-state index in [1.807, 2.05) is 0 Å². The van der Waals surface area contributed by atoms with Gasteiger partial charge in [0.15, 0.2) is 0 Å². The number of hydrogen-bond acceptors (Lipinski definition) is 3. The summed E-state index contributed by atoms with van der Waals surface area (Å²) in [5, 5.41) is 0. The normalized spacial score (nSPS) is 26.2. The van der Waals surface area contributed by atoms with E-state index in [2.05, 4.69) is 6.58 Å². The molecule has 1 aliphatic carbocycles. The molecule has 4 nitrogen and oxygen atoms in total. The van der Waals surface area contributed by atoms with E-state index in [0.29, 0.717) is 26.4 Å². The van der Waals surface area contributed by atoms with Crippen molar-refractivity contribution in [1.82, 2.24) is 4.90 Å². The van der Waals surface area contributed by atoms with Crippen molar-refractivity contribution in [3.8, 4) is 0 Å². The summed E-state index contributed by atoms with van der Waals surface area (Å²) in [7, 11) is 0. The maximum atomic E-state index is 13.4.